The minimum atomic E-state index is 0.474. The fourth-order valence-corrected chi connectivity index (χ4v) is 1.87. The van der Waals surface area contributed by atoms with Crippen LogP contribution in [-0.2, 0) is 4.74 Å². The molecule has 1 aromatic rings. The first-order valence-corrected chi connectivity index (χ1v) is 4.72. The molecule has 2 atom stereocenters. The quantitative estimate of drug-likeness (QED) is 0.737. The molecule has 1 aromatic carbocycles. The second-order valence-corrected chi connectivity index (χ2v) is 3.45. The lowest BCUT2D eigenvalue weighted by Crippen LogP contribution is -2.30. The molecule has 1 saturated heterocycles. The molecule has 0 unspecified atom stereocenters. The highest BCUT2D eigenvalue weighted by Gasteiger charge is 2.27. The molecule has 2 rings (SSSR count). The van der Waals surface area contributed by atoms with Gasteiger partial charge in [0.25, 0.3) is 0 Å². The Morgan fingerprint density at radius 3 is 2.69 bits per heavy atom. The molecule has 1 fully saturated rings. The summed E-state index contributed by atoms with van der Waals surface area (Å²) in [5, 5.41) is 3.29. The maximum Gasteiger partial charge on any atom is 0.0626 e. The van der Waals surface area contributed by atoms with Crippen molar-refractivity contribution in [2.24, 2.45) is 0 Å². The molecule has 0 saturated carbocycles. The molecule has 1 N–H and O–H groups in total. The Kier molecular flexibility index (Phi) is 2.62. The molecule has 0 spiro atoms. The zero-order valence-electron chi connectivity index (χ0n) is 7.86. The van der Waals surface area contributed by atoms with Crippen molar-refractivity contribution in [2.75, 3.05) is 20.3 Å². The van der Waals surface area contributed by atoms with Crippen molar-refractivity contribution >= 4 is 0 Å². The van der Waals surface area contributed by atoms with Crippen LogP contribution in [0, 0.1) is 0 Å². The number of hydrogen-bond donors (Lipinski definition) is 1. The molecule has 1 aliphatic heterocycles. The summed E-state index contributed by atoms with van der Waals surface area (Å²) < 4.78 is 5.45. The summed E-state index contributed by atoms with van der Waals surface area (Å²) in [5.74, 6) is 0.520. The van der Waals surface area contributed by atoms with Crippen LogP contribution in [0.2, 0.25) is 0 Å². The van der Waals surface area contributed by atoms with Crippen LogP contribution >= 0.6 is 0 Å². The third-order valence-electron chi connectivity index (χ3n) is 2.68. The normalized spacial score (nSPS) is 27.8. The van der Waals surface area contributed by atoms with E-state index in [1.165, 1.54) is 5.56 Å². The number of ether oxygens (including phenoxy) is 1. The van der Waals surface area contributed by atoms with Gasteiger partial charge in [0.2, 0.25) is 0 Å². The van der Waals surface area contributed by atoms with Crippen molar-refractivity contribution in [3.05, 3.63) is 35.9 Å². The van der Waals surface area contributed by atoms with E-state index in [0.29, 0.717) is 12.0 Å². The van der Waals surface area contributed by atoms with Gasteiger partial charge in [0.05, 0.1) is 13.2 Å². The van der Waals surface area contributed by atoms with E-state index < -0.39 is 0 Å². The topological polar surface area (TPSA) is 21.3 Å². The van der Waals surface area contributed by atoms with E-state index >= 15 is 0 Å². The first-order chi connectivity index (χ1) is 6.42. The van der Waals surface area contributed by atoms with E-state index in [1.54, 1.807) is 0 Å². The molecule has 2 nitrogen and oxygen atoms in total. The van der Waals surface area contributed by atoms with Gasteiger partial charge in [-0.05, 0) is 12.6 Å². The summed E-state index contributed by atoms with van der Waals surface area (Å²) in [6.07, 6.45) is 0. The van der Waals surface area contributed by atoms with Crippen molar-refractivity contribution in [1.82, 2.24) is 5.32 Å². The van der Waals surface area contributed by atoms with Gasteiger partial charge in [0, 0.05) is 12.0 Å². The highest BCUT2D eigenvalue weighted by atomic mass is 16.5. The first-order valence-electron chi connectivity index (χ1n) is 4.72. The van der Waals surface area contributed by atoms with Gasteiger partial charge in [-0.25, -0.2) is 0 Å². The predicted molar refractivity (Wildman–Crippen MR) is 52.8 cm³/mol. The Hall–Kier alpha value is -0.860. The van der Waals surface area contributed by atoms with Crippen LogP contribution in [0.1, 0.15) is 11.5 Å². The van der Waals surface area contributed by atoms with Crippen molar-refractivity contribution in [3.63, 3.8) is 0 Å². The van der Waals surface area contributed by atoms with Crippen molar-refractivity contribution in [1.29, 1.82) is 0 Å². The van der Waals surface area contributed by atoms with E-state index in [2.05, 4.69) is 29.6 Å². The molecule has 1 heterocycles. The van der Waals surface area contributed by atoms with E-state index in [-0.39, 0.29) is 0 Å². The average molecular weight is 177 g/mol. The van der Waals surface area contributed by atoms with Crippen LogP contribution in [0.5, 0.6) is 0 Å². The fourth-order valence-electron chi connectivity index (χ4n) is 1.87. The third-order valence-corrected chi connectivity index (χ3v) is 2.68. The highest BCUT2D eigenvalue weighted by molar-refractivity contribution is 5.22. The lowest BCUT2D eigenvalue weighted by Gasteiger charge is -2.16. The molecule has 1 aliphatic rings. The van der Waals surface area contributed by atoms with Crippen LogP contribution < -0.4 is 5.32 Å². The van der Waals surface area contributed by atoms with Gasteiger partial charge in [-0.15, -0.1) is 0 Å². The van der Waals surface area contributed by atoms with Gasteiger partial charge in [-0.3, -0.25) is 0 Å². The molecule has 0 radical (unpaired) electrons. The summed E-state index contributed by atoms with van der Waals surface area (Å²) >= 11 is 0. The Morgan fingerprint density at radius 2 is 2.00 bits per heavy atom. The molecular formula is C11H15NO. The summed E-state index contributed by atoms with van der Waals surface area (Å²) in [6, 6.07) is 11.0. The minimum Gasteiger partial charge on any atom is -0.379 e. The predicted octanol–water partition coefficient (Wildman–Crippen LogP) is 1.39. The number of benzene rings is 1. The second-order valence-electron chi connectivity index (χ2n) is 3.45. The van der Waals surface area contributed by atoms with Gasteiger partial charge in [0.15, 0.2) is 0 Å². The van der Waals surface area contributed by atoms with Crippen LogP contribution in [-0.4, -0.2) is 26.3 Å². The number of likely N-dealkylation sites (N-methyl/N-ethyl adjacent to an activating group) is 1. The lowest BCUT2D eigenvalue weighted by molar-refractivity contribution is 0.188. The molecular weight excluding hydrogens is 162 g/mol. The lowest BCUT2D eigenvalue weighted by atomic mass is 9.95. The van der Waals surface area contributed by atoms with Crippen molar-refractivity contribution in [3.8, 4) is 0 Å². The van der Waals surface area contributed by atoms with Gasteiger partial charge in [-0.2, -0.15) is 0 Å². The van der Waals surface area contributed by atoms with Crippen molar-refractivity contribution < 1.29 is 4.74 Å². The van der Waals surface area contributed by atoms with E-state index in [9.17, 15) is 0 Å². The standard InChI is InChI=1S/C11H15NO/c1-12-11-8-13-7-10(11)9-5-3-2-4-6-9/h2-6,10-12H,7-8H2,1H3/t10-,11-/m1/s1. The largest absolute Gasteiger partial charge is 0.379 e. The van der Waals surface area contributed by atoms with Crippen LogP contribution in [0.15, 0.2) is 30.3 Å². The van der Waals surface area contributed by atoms with Crippen molar-refractivity contribution in [2.45, 2.75) is 12.0 Å². The Balaban J connectivity index is 2.16. The highest BCUT2D eigenvalue weighted by Crippen LogP contribution is 2.24. The molecule has 0 aromatic heterocycles. The molecule has 2 heteroatoms. The van der Waals surface area contributed by atoms with Gasteiger partial charge >= 0.3 is 0 Å². The fraction of sp³-hybridized carbons (Fsp3) is 0.455. The van der Waals surface area contributed by atoms with Crippen LogP contribution in [0.4, 0.5) is 0 Å². The molecule has 0 bridgehead atoms. The number of hydrogen-bond acceptors (Lipinski definition) is 2. The third kappa shape index (κ3) is 1.74. The average Bonchev–Trinajstić information content (AvgIpc) is 2.67. The van der Waals surface area contributed by atoms with Crippen LogP contribution in [0.25, 0.3) is 0 Å². The molecule has 13 heavy (non-hydrogen) atoms. The van der Waals surface area contributed by atoms with E-state index in [1.807, 2.05) is 13.1 Å². The van der Waals surface area contributed by atoms with Gasteiger partial charge in [-0.1, -0.05) is 30.3 Å². The first kappa shape index (κ1) is 8.73. The second kappa shape index (κ2) is 3.90. The van der Waals surface area contributed by atoms with E-state index in [4.69, 9.17) is 4.74 Å². The number of rotatable bonds is 2. The van der Waals surface area contributed by atoms with E-state index in [0.717, 1.165) is 13.2 Å². The van der Waals surface area contributed by atoms with Gasteiger partial charge < -0.3 is 10.1 Å². The molecule has 70 valence electrons. The Labute approximate surface area is 78.9 Å². The summed E-state index contributed by atoms with van der Waals surface area (Å²) in [5.41, 5.74) is 1.37. The minimum absolute atomic E-state index is 0.474. The summed E-state index contributed by atoms with van der Waals surface area (Å²) in [6.45, 7) is 1.67. The monoisotopic (exact) mass is 177 g/mol. The Bertz CT molecular complexity index is 260. The number of nitrogens with one attached hydrogen (secondary N) is 1. The molecule has 0 aliphatic carbocycles. The SMILES string of the molecule is CN[C@@H]1COC[C@@H]1c1ccccc1. The summed E-state index contributed by atoms with van der Waals surface area (Å²) in [4.78, 5) is 0. The zero-order valence-corrected chi connectivity index (χ0v) is 7.86. The Morgan fingerprint density at radius 1 is 1.23 bits per heavy atom. The maximum atomic E-state index is 5.45. The smallest absolute Gasteiger partial charge is 0.0626 e. The summed E-state index contributed by atoms with van der Waals surface area (Å²) in [7, 11) is 2.00. The maximum absolute atomic E-state index is 5.45. The van der Waals surface area contributed by atoms with Crippen LogP contribution in [0.3, 0.4) is 0 Å². The molecule has 0 amide bonds. The van der Waals surface area contributed by atoms with Gasteiger partial charge in [0.1, 0.15) is 0 Å². The zero-order chi connectivity index (χ0) is 9.10.